The largest absolute Gasteiger partial charge is 0.395 e. The van der Waals surface area contributed by atoms with E-state index in [1.54, 1.807) is 0 Å². The third kappa shape index (κ3) is 5.52. The zero-order valence-corrected chi connectivity index (χ0v) is 4.02. The van der Waals surface area contributed by atoms with Gasteiger partial charge in [-0.2, -0.15) is 5.11 Å². The van der Waals surface area contributed by atoms with Gasteiger partial charge in [-0.25, -0.2) is 5.53 Å². The van der Waals surface area contributed by atoms with Crippen LogP contribution in [0.1, 0.15) is 0 Å². The van der Waals surface area contributed by atoms with E-state index in [-0.39, 0.29) is 6.61 Å². The molecular weight excluding hydrogens is 94.1 g/mol. The van der Waals surface area contributed by atoms with Crippen molar-refractivity contribution in [1.82, 2.24) is 5.32 Å². The molecule has 4 nitrogen and oxygen atoms in total. The van der Waals surface area contributed by atoms with Crippen molar-refractivity contribution < 1.29 is 5.11 Å². The Hall–Kier alpha value is -0.480. The van der Waals surface area contributed by atoms with E-state index >= 15 is 0 Å². The third-order valence-corrected chi connectivity index (χ3v) is 0.479. The molecule has 0 spiro atoms. The molecule has 42 valence electrons. The predicted octanol–water partition coefficient (Wildman–Crippen LogP) is -0.443. The highest BCUT2D eigenvalue weighted by atomic mass is 16.3. The summed E-state index contributed by atoms with van der Waals surface area (Å²) in [5.74, 6) is 0. The summed E-state index contributed by atoms with van der Waals surface area (Å²) in [5, 5.41) is 13.8. The number of rotatable bonds is 4. The molecule has 0 rings (SSSR count). The Bertz CT molecular complexity index is 47.4. The highest BCUT2D eigenvalue weighted by molar-refractivity contribution is 4.35. The zero-order valence-electron chi connectivity index (χ0n) is 4.02. The summed E-state index contributed by atoms with van der Waals surface area (Å²) in [6, 6.07) is 0. The second-order valence-corrected chi connectivity index (χ2v) is 1.04. The van der Waals surface area contributed by atoms with E-state index in [4.69, 9.17) is 10.6 Å². The summed E-state index contributed by atoms with van der Waals surface area (Å²) < 4.78 is 0. The highest BCUT2D eigenvalue weighted by Gasteiger charge is 1.75. The van der Waals surface area contributed by atoms with Crippen molar-refractivity contribution in [3.05, 3.63) is 0 Å². The van der Waals surface area contributed by atoms with Gasteiger partial charge in [0.2, 0.25) is 0 Å². The fourth-order valence-electron chi connectivity index (χ4n) is 0.214. The molecule has 0 aromatic heterocycles. The first-order valence-corrected chi connectivity index (χ1v) is 2.06. The Balaban J connectivity index is 2.56. The fourth-order valence-corrected chi connectivity index (χ4v) is 0.214. The number of hydrogen-bond acceptors (Lipinski definition) is 4. The van der Waals surface area contributed by atoms with Gasteiger partial charge in [0.25, 0.3) is 0 Å². The summed E-state index contributed by atoms with van der Waals surface area (Å²) in [6.45, 7) is 0.929. The molecule has 0 heterocycles. The van der Waals surface area contributed by atoms with Crippen molar-refractivity contribution in [2.75, 3.05) is 19.8 Å². The maximum Gasteiger partial charge on any atom is 0.109 e. The molecule has 0 radical (unpaired) electrons. The van der Waals surface area contributed by atoms with Crippen LogP contribution in [0.3, 0.4) is 0 Å². The monoisotopic (exact) mass is 103 g/mol. The summed E-state index contributed by atoms with van der Waals surface area (Å²) in [6.07, 6.45) is 0. The fraction of sp³-hybridized carbons (Fsp3) is 1.00. The zero-order chi connectivity index (χ0) is 5.54. The van der Waals surface area contributed by atoms with Gasteiger partial charge in [-0.1, -0.05) is 0 Å². The molecule has 0 aromatic carbocycles. The lowest BCUT2D eigenvalue weighted by molar-refractivity contribution is 0.292. The summed E-state index contributed by atoms with van der Waals surface area (Å²) >= 11 is 0. The van der Waals surface area contributed by atoms with Crippen molar-refractivity contribution in [1.29, 1.82) is 5.53 Å². The smallest absolute Gasteiger partial charge is 0.109 e. The van der Waals surface area contributed by atoms with Gasteiger partial charge >= 0.3 is 0 Å². The maximum absolute atomic E-state index is 8.13. The molecule has 0 aliphatic heterocycles. The molecule has 4 heteroatoms. The van der Waals surface area contributed by atoms with Crippen LogP contribution in [0, 0.1) is 5.53 Å². The van der Waals surface area contributed by atoms with E-state index in [9.17, 15) is 0 Å². The van der Waals surface area contributed by atoms with E-state index < -0.39 is 0 Å². The second kappa shape index (κ2) is 5.52. The first-order chi connectivity index (χ1) is 3.41. The molecule has 0 amide bonds. The van der Waals surface area contributed by atoms with E-state index in [0.717, 1.165) is 0 Å². The number of nitrogens with one attached hydrogen (secondary N) is 2. The van der Waals surface area contributed by atoms with Crippen LogP contribution in [0.4, 0.5) is 0 Å². The number of aliphatic hydroxyl groups excluding tert-OH is 1. The third-order valence-electron chi connectivity index (χ3n) is 0.479. The quantitative estimate of drug-likeness (QED) is 0.333. The molecule has 7 heavy (non-hydrogen) atoms. The van der Waals surface area contributed by atoms with Gasteiger partial charge in [-0.05, 0) is 0 Å². The Morgan fingerprint density at radius 3 is 2.86 bits per heavy atom. The first kappa shape index (κ1) is 6.52. The number of aliphatic hydroxyl groups is 1. The topological polar surface area (TPSA) is 68.5 Å². The molecule has 0 saturated heterocycles. The summed E-state index contributed by atoms with van der Waals surface area (Å²) in [4.78, 5) is 0. The second-order valence-electron chi connectivity index (χ2n) is 1.04. The minimum Gasteiger partial charge on any atom is -0.395 e. The van der Waals surface area contributed by atoms with Crippen LogP contribution in [-0.2, 0) is 0 Å². The van der Waals surface area contributed by atoms with E-state index in [1.807, 2.05) is 0 Å². The van der Waals surface area contributed by atoms with Crippen LogP contribution in [0.5, 0.6) is 0 Å². The highest BCUT2D eigenvalue weighted by Crippen LogP contribution is 1.57. The van der Waals surface area contributed by atoms with Crippen LogP contribution >= 0.6 is 0 Å². The molecule has 0 aliphatic carbocycles. The lowest BCUT2D eigenvalue weighted by Crippen LogP contribution is -2.17. The van der Waals surface area contributed by atoms with E-state index in [0.29, 0.717) is 13.2 Å². The van der Waals surface area contributed by atoms with E-state index in [2.05, 4.69) is 10.4 Å². The normalized spacial score (nSPS) is 8.71. The lowest BCUT2D eigenvalue weighted by atomic mass is 10.7. The average molecular weight is 103 g/mol. The van der Waals surface area contributed by atoms with Gasteiger partial charge in [0, 0.05) is 6.54 Å². The van der Waals surface area contributed by atoms with Crippen molar-refractivity contribution in [3.63, 3.8) is 0 Å². The molecule has 0 unspecified atom stereocenters. The molecule has 0 saturated carbocycles. The van der Waals surface area contributed by atoms with Crippen molar-refractivity contribution in [2.45, 2.75) is 0 Å². The van der Waals surface area contributed by atoms with E-state index in [1.165, 1.54) is 0 Å². The summed E-state index contributed by atoms with van der Waals surface area (Å²) in [7, 11) is 0. The van der Waals surface area contributed by atoms with Gasteiger partial charge in [0.1, 0.15) is 6.67 Å². The maximum atomic E-state index is 8.13. The van der Waals surface area contributed by atoms with Crippen molar-refractivity contribution in [2.24, 2.45) is 5.11 Å². The number of nitrogens with zero attached hydrogens (tertiary/aromatic N) is 1. The van der Waals surface area contributed by atoms with Gasteiger partial charge in [0.05, 0.1) is 6.61 Å². The Kier molecular flexibility index (Phi) is 5.14. The molecule has 0 aromatic rings. The van der Waals surface area contributed by atoms with Crippen molar-refractivity contribution >= 4 is 0 Å². The van der Waals surface area contributed by atoms with Gasteiger partial charge < -0.3 is 5.11 Å². The van der Waals surface area contributed by atoms with Gasteiger partial charge in [-0.3, -0.25) is 5.32 Å². The van der Waals surface area contributed by atoms with Crippen LogP contribution in [-0.4, -0.2) is 24.9 Å². The standard InChI is InChI=1S/C3H9N3O/c4-6-3-5-1-2-7/h4-5,7H,1-3H2. The number of hydrogen-bond donors (Lipinski definition) is 3. The van der Waals surface area contributed by atoms with Crippen molar-refractivity contribution in [3.8, 4) is 0 Å². The van der Waals surface area contributed by atoms with Crippen LogP contribution in [0.25, 0.3) is 0 Å². The van der Waals surface area contributed by atoms with Crippen LogP contribution in [0.2, 0.25) is 0 Å². The SMILES string of the molecule is N=NCNCCO. The Morgan fingerprint density at radius 2 is 2.43 bits per heavy atom. The summed E-state index contributed by atoms with van der Waals surface area (Å²) in [5.41, 5.74) is 6.26. The Morgan fingerprint density at radius 1 is 1.71 bits per heavy atom. The minimum atomic E-state index is 0.107. The predicted molar refractivity (Wildman–Crippen MR) is 25.1 cm³/mol. The molecule has 0 aliphatic rings. The first-order valence-electron chi connectivity index (χ1n) is 2.06. The molecule has 0 atom stereocenters. The average Bonchev–Trinajstić information content (AvgIpc) is 1.69. The van der Waals surface area contributed by atoms with Crippen LogP contribution in [0.15, 0.2) is 5.11 Å². The molecule has 0 fully saturated rings. The molecule has 0 bridgehead atoms. The molecule has 3 N–H and O–H groups in total. The Labute approximate surface area is 42.1 Å². The van der Waals surface area contributed by atoms with Crippen LogP contribution < -0.4 is 5.32 Å². The minimum absolute atomic E-state index is 0.107. The van der Waals surface area contributed by atoms with Gasteiger partial charge in [-0.15, -0.1) is 0 Å². The molecular formula is C3H9N3O. The van der Waals surface area contributed by atoms with Gasteiger partial charge in [0.15, 0.2) is 0 Å². The lowest BCUT2D eigenvalue weighted by Gasteiger charge is -1.91.